The van der Waals surface area contributed by atoms with Crippen LogP contribution in [0.25, 0.3) is 0 Å². The van der Waals surface area contributed by atoms with Gasteiger partial charge in [0.25, 0.3) is 12.0 Å². The highest BCUT2D eigenvalue weighted by atomic mass is 19.3. The number of aryl methyl sites for hydroxylation is 1. The second-order valence-electron chi connectivity index (χ2n) is 9.21. The molecule has 2 atom stereocenters. The third kappa shape index (κ3) is 7.59. The van der Waals surface area contributed by atoms with Crippen molar-refractivity contribution in [3.8, 4) is 0 Å². The van der Waals surface area contributed by atoms with Crippen LogP contribution in [0.3, 0.4) is 0 Å². The molecule has 196 valence electrons. The number of rotatable bonds is 12. The molecule has 0 saturated heterocycles. The van der Waals surface area contributed by atoms with Crippen molar-refractivity contribution < 1.29 is 23.5 Å². The van der Waals surface area contributed by atoms with Crippen molar-refractivity contribution in [1.29, 1.82) is 0 Å². The quantitative estimate of drug-likeness (QED) is 0.325. The number of aromatic nitrogens is 1. The van der Waals surface area contributed by atoms with E-state index in [0.29, 0.717) is 24.8 Å². The fourth-order valence-electron chi connectivity index (χ4n) is 4.39. The first kappa shape index (κ1) is 27.8. The molecule has 0 fully saturated rings. The maximum absolute atomic E-state index is 13.6. The van der Waals surface area contributed by atoms with Crippen molar-refractivity contribution in [2.45, 2.75) is 64.5 Å². The maximum Gasteiger partial charge on any atom is 0.305 e. The van der Waals surface area contributed by atoms with Gasteiger partial charge in [0.15, 0.2) is 0 Å². The van der Waals surface area contributed by atoms with E-state index in [9.17, 15) is 28.3 Å². The van der Waals surface area contributed by atoms with Gasteiger partial charge in [-0.3, -0.25) is 14.4 Å². The van der Waals surface area contributed by atoms with Crippen LogP contribution in [-0.4, -0.2) is 21.6 Å². The highest BCUT2D eigenvalue weighted by Gasteiger charge is 2.27. The Hall–Kier alpha value is -3.81. The van der Waals surface area contributed by atoms with Crippen molar-refractivity contribution in [1.82, 2.24) is 9.88 Å². The average molecular weight is 511 g/mol. The van der Waals surface area contributed by atoms with Crippen molar-refractivity contribution in [2.24, 2.45) is 0 Å². The Morgan fingerprint density at radius 1 is 1.03 bits per heavy atom. The van der Waals surface area contributed by atoms with Crippen LogP contribution in [0.4, 0.5) is 8.78 Å². The number of nitrogens with zero attached hydrogens (tertiary/aromatic N) is 1. The summed E-state index contributed by atoms with van der Waals surface area (Å²) in [5, 5.41) is 12.2. The number of carbonyl (C=O) groups is 2. The van der Waals surface area contributed by atoms with Crippen LogP contribution in [0.5, 0.6) is 0 Å². The minimum absolute atomic E-state index is 0.259. The molecule has 1 aromatic heterocycles. The van der Waals surface area contributed by atoms with Gasteiger partial charge in [0, 0.05) is 23.7 Å². The molecule has 2 N–H and O–H groups in total. The van der Waals surface area contributed by atoms with Crippen LogP contribution in [0, 0.1) is 6.92 Å². The molecule has 0 aliphatic rings. The van der Waals surface area contributed by atoms with Crippen LogP contribution in [-0.2, 0) is 16.0 Å². The summed E-state index contributed by atoms with van der Waals surface area (Å²) in [4.78, 5) is 38.6. The molecule has 0 spiro atoms. The number of carboxylic acid groups (broad SMARTS) is 1. The summed E-state index contributed by atoms with van der Waals surface area (Å²) >= 11 is 0. The number of pyridine rings is 1. The summed E-state index contributed by atoms with van der Waals surface area (Å²) in [6.07, 6.45) is 0.653. The number of nitrogens with one attached hydrogen (secondary N) is 1. The molecular weight excluding hydrogens is 478 g/mol. The van der Waals surface area contributed by atoms with E-state index in [1.54, 1.807) is 6.20 Å². The first-order valence-corrected chi connectivity index (χ1v) is 12.3. The summed E-state index contributed by atoms with van der Waals surface area (Å²) < 4.78 is 27.9. The second kappa shape index (κ2) is 12.9. The van der Waals surface area contributed by atoms with Gasteiger partial charge in [0.05, 0.1) is 12.5 Å². The van der Waals surface area contributed by atoms with E-state index in [2.05, 4.69) is 5.32 Å². The molecule has 3 rings (SSSR count). The van der Waals surface area contributed by atoms with Gasteiger partial charge in [0.1, 0.15) is 6.04 Å². The number of benzene rings is 2. The first-order chi connectivity index (χ1) is 17.7. The summed E-state index contributed by atoms with van der Waals surface area (Å²) in [5.41, 5.74) is 2.04. The Kier molecular flexibility index (Phi) is 9.71. The number of hydrogen-bond donors (Lipinski definition) is 2. The van der Waals surface area contributed by atoms with Crippen LogP contribution in [0.15, 0.2) is 71.7 Å². The van der Waals surface area contributed by atoms with E-state index in [-0.39, 0.29) is 16.7 Å². The number of carbonyl (C=O) groups excluding carboxylic acids is 1. The lowest BCUT2D eigenvalue weighted by molar-refractivity contribution is -0.138. The Labute approximate surface area is 215 Å². The normalized spacial score (nSPS) is 12.8. The number of alkyl halides is 2. The molecule has 2 aromatic carbocycles. The minimum atomic E-state index is -2.73. The predicted molar refractivity (Wildman–Crippen MR) is 138 cm³/mol. The number of unbranched alkanes of at least 4 members (excludes halogenated alkanes) is 1. The minimum Gasteiger partial charge on any atom is -0.481 e. The average Bonchev–Trinajstić information content (AvgIpc) is 2.86. The zero-order chi connectivity index (χ0) is 26.9. The Balaban J connectivity index is 1.97. The smallest absolute Gasteiger partial charge is 0.305 e. The second-order valence-corrected chi connectivity index (χ2v) is 9.21. The van der Waals surface area contributed by atoms with E-state index in [1.165, 1.54) is 28.8 Å². The maximum atomic E-state index is 13.6. The third-order valence-electron chi connectivity index (χ3n) is 6.22. The van der Waals surface area contributed by atoms with E-state index in [4.69, 9.17) is 0 Å². The predicted octanol–water partition coefficient (Wildman–Crippen LogP) is 5.75. The highest BCUT2D eigenvalue weighted by molar-refractivity contribution is 5.81. The molecule has 3 aromatic rings. The number of aliphatic carboxylic acids is 1. The number of halogens is 2. The molecule has 6 nitrogen and oxygen atoms in total. The topological polar surface area (TPSA) is 88.4 Å². The highest BCUT2D eigenvalue weighted by Crippen LogP contribution is 2.26. The summed E-state index contributed by atoms with van der Waals surface area (Å²) in [6.45, 7) is 3.82. The molecule has 1 amide bonds. The molecule has 0 unspecified atom stereocenters. The fraction of sp³-hybridized carbons (Fsp3) is 0.345. The van der Waals surface area contributed by atoms with Crippen LogP contribution in [0.1, 0.15) is 78.9 Å². The number of hydrogen-bond acceptors (Lipinski definition) is 3. The molecule has 0 aliphatic heterocycles. The van der Waals surface area contributed by atoms with Gasteiger partial charge in [-0.2, -0.15) is 0 Å². The van der Waals surface area contributed by atoms with Gasteiger partial charge in [0.2, 0.25) is 5.91 Å². The molecule has 8 heteroatoms. The summed E-state index contributed by atoms with van der Waals surface area (Å²) in [5.74, 6) is -1.71. The van der Waals surface area contributed by atoms with Crippen LogP contribution >= 0.6 is 0 Å². The molecule has 1 heterocycles. The van der Waals surface area contributed by atoms with E-state index >= 15 is 0 Å². The third-order valence-corrected chi connectivity index (χ3v) is 6.22. The summed E-state index contributed by atoms with van der Waals surface area (Å²) in [7, 11) is 0. The van der Waals surface area contributed by atoms with Crippen LogP contribution < -0.4 is 10.9 Å². The molecular formula is C29H32F2N2O4. The molecule has 0 saturated carbocycles. The first-order valence-electron chi connectivity index (χ1n) is 12.3. The van der Waals surface area contributed by atoms with Gasteiger partial charge in [-0.05, 0) is 42.2 Å². The Morgan fingerprint density at radius 2 is 1.73 bits per heavy atom. The van der Waals surface area contributed by atoms with Gasteiger partial charge in [-0.15, -0.1) is 0 Å². The van der Waals surface area contributed by atoms with Crippen molar-refractivity contribution in [3.63, 3.8) is 0 Å². The molecule has 0 bridgehead atoms. The molecule has 37 heavy (non-hydrogen) atoms. The Morgan fingerprint density at radius 3 is 2.38 bits per heavy atom. The SMILES string of the molecule is CCCC[C@@H](C(=O)N[C@@H](CC(=O)O)c1cccc(C(F)F)c1)n1cc(C)cc(Cc2ccccc2)c1=O. The monoisotopic (exact) mass is 510 g/mol. The van der Waals surface area contributed by atoms with Gasteiger partial charge < -0.3 is 15.0 Å². The van der Waals surface area contributed by atoms with Crippen LogP contribution in [0.2, 0.25) is 0 Å². The largest absolute Gasteiger partial charge is 0.481 e. The lowest BCUT2D eigenvalue weighted by atomic mass is 9.99. The Bertz CT molecular complexity index is 1270. The lowest BCUT2D eigenvalue weighted by Crippen LogP contribution is -2.40. The zero-order valence-electron chi connectivity index (χ0n) is 21.0. The van der Waals surface area contributed by atoms with Crippen molar-refractivity contribution in [2.75, 3.05) is 0 Å². The van der Waals surface area contributed by atoms with Crippen molar-refractivity contribution in [3.05, 3.63) is 105 Å². The van der Waals surface area contributed by atoms with E-state index in [0.717, 1.165) is 17.5 Å². The van der Waals surface area contributed by atoms with Crippen molar-refractivity contribution >= 4 is 11.9 Å². The van der Waals surface area contributed by atoms with E-state index < -0.39 is 36.8 Å². The van der Waals surface area contributed by atoms with Gasteiger partial charge >= 0.3 is 5.97 Å². The number of amides is 1. The van der Waals surface area contributed by atoms with Gasteiger partial charge in [-0.25, -0.2) is 8.78 Å². The van der Waals surface area contributed by atoms with E-state index in [1.807, 2.05) is 50.2 Å². The lowest BCUT2D eigenvalue weighted by Gasteiger charge is -2.25. The summed E-state index contributed by atoms with van der Waals surface area (Å²) in [6, 6.07) is 14.8. The molecule has 0 aliphatic carbocycles. The van der Waals surface area contributed by atoms with Gasteiger partial charge in [-0.1, -0.05) is 68.3 Å². The number of carboxylic acids is 1. The standard InChI is InChI=1S/C29H32F2N2O4/c1-3-4-13-25(33-18-19(2)14-23(29(33)37)15-20-9-6-5-7-10-20)28(36)32-24(17-26(34)35)21-11-8-12-22(16-21)27(30)31/h5-12,14,16,18,24-25,27H,3-4,13,15,17H2,1-2H3,(H,32,36)(H,34,35)/t24-,25-/m0/s1. The zero-order valence-corrected chi connectivity index (χ0v) is 21.0. The fourth-order valence-corrected chi connectivity index (χ4v) is 4.39. The molecule has 0 radical (unpaired) electrons.